The maximum absolute atomic E-state index is 12.3. The SMILES string of the molecule is CC(C)CC(C(=O)O)N1CC[C@H](NC(=O)OC(C)(C)C)C1=O. The van der Waals surface area contributed by atoms with Gasteiger partial charge in [0.1, 0.15) is 17.7 Å². The Hall–Kier alpha value is -1.79. The van der Waals surface area contributed by atoms with Crippen molar-refractivity contribution in [3.8, 4) is 0 Å². The Labute approximate surface area is 131 Å². The fraction of sp³-hybridized carbons (Fsp3) is 0.800. The second kappa shape index (κ2) is 6.98. The summed E-state index contributed by atoms with van der Waals surface area (Å²) in [7, 11) is 0. The van der Waals surface area contributed by atoms with Crippen molar-refractivity contribution in [3.05, 3.63) is 0 Å². The molecule has 0 spiro atoms. The maximum Gasteiger partial charge on any atom is 0.408 e. The van der Waals surface area contributed by atoms with E-state index in [1.165, 1.54) is 4.90 Å². The van der Waals surface area contributed by atoms with E-state index >= 15 is 0 Å². The predicted octanol–water partition coefficient (Wildman–Crippen LogP) is 1.61. The van der Waals surface area contributed by atoms with Gasteiger partial charge in [-0.05, 0) is 39.5 Å². The smallest absolute Gasteiger partial charge is 0.408 e. The fourth-order valence-electron chi connectivity index (χ4n) is 2.40. The average Bonchev–Trinajstić information content (AvgIpc) is 2.65. The van der Waals surface area contributed by atoms with Gasteiger partial charge >= 0.3 is 12.1 Å². The lowest BCUT2D eigenvalue weighted by atomic mass is 10.0. The van der Waals surface area contributed by atoms with E-state index < -0.39 is 29.7 Å². The molecule has 1 rings (SSSR count). The lowest BCUT2D eigenvalue weighted by Gasteiger charge is -2.26. The molecule has 7 heteroatoms. The molecule has 1 fully saturated rings. The molecule has 0 bridgehead atoms. The molecular formula is C15H26N2O5. The summed E-state index contributed by atoms with van der Waals surface area (Å²) in [6, 6.07) is -1.57. The highest BCUT2D eigenvalue weighted by atomic mass is 16.6. The van der Waals surface area contributed by atoms with Gasteiger partial charge in [-0.25, -0.2) is 9.59 Å². The molecule has 0 aromatic carbocycles. The second-order valence-corrected chi connectivity index (χ2v) is 7.00. The van der Waals surface area contributed by atoms with Crippen LogP contribution in [0.25, 0.3) is 0 Å². The van der Waals surface area contributed by atoms with Gasteiger partial charge < -0.3 is 20.1 Å². The number of carbonyl (C=O) groups excluding carboxylic acids is 2. The maximum atomic E-state index is 12.3. The summed E-state index contributed by atoms with van der Waals surface area (Å²) in [5.74, 6) is -1.22. The second-order valence-electron chi connectivity index (χ2n) is 7.00. The summed E-state index contributed by atoms with van der Waals surface area (Å²) >= 11 is 0. The van der Waals surface area contributed by atoms with Crippen LogP contribution in [0.15, 0.2) is 0 Å². The van der Waals surface area contributed by atoms with Crippen molar-refractivity contribution in [2.45, 2.75) is 65.1 Å². The van der Waals surface area contributed by atoms with Crippen LogP contribution in [-0.4, -0.2) is 52.2 Å². The minimum Gasteiger partial charge on any atom is -0.480 e. The van der Waals surface area contributed by atoms with Crippen LogP contribution in [0.1, 0.15) is 47.5 Å². The number of ether oxygens (including phenoxy) is 1. The van der Waals surface area contributed by atoms with E-state index in [2.05, 4.69) is 5.32 Å². The molecule has 1 heterocycles. The molecule has 1 aliphatic heterocycles. The van der Waals surface area contributed by atoms with Crippen LogP contribution >= 0.6 is 0 Å². The highest BCUT2D eigenvalue weighted by Crippen LogP contribution is 2.20. The number of rotatable bonds is 5. The minimum absolute atomic E-state index is 0.159. The van der Waals surface area contributed by atoms with E-state index in [1.54, 1.807) is 20.8 Å². The number of carboxylic acids is 1. The Bertz CT molecular complexity index is 442. The van der Waals surface area contributed by atoms with Gasteiger partial charge in [0.25, 0.3) is 0 Å². The molecule has 0 aromatic heterocycles. The van der Waals surface area contributed by atoms with E-state index in [0.29, 0.717) is 19.4 Å². The van der Waals surface area contributed by atoms with Crippen LogP contribution in [0.4, 0.5) is 4.79 Å². The summed E-state index contributed by atoms with van der Waals surface area (Å²) in [6.07, 6.45) is 0.114. The number of hydrogen-bond acceptors (Lipinski definition) is 4. The zero-order chi connectivity index (χ0) is 17.1. The molecule has 7 nitrogen and oxygen atoms in total. The van der Waals surface area contributed by atoms with Gasteiger partial charge in [-0.15, -0.1) is 0 Å². The minimum atomic E-state index is -1.01. The van der Waals surface area contributed by atoms with Crippen LogP contribution < -0.4 is 5.32 Å². The number of alkyl carbamates (subject to hydrolysis) is 1. The molecule has 2 N–H and O–H groups in total. The van der Waals surface area contributed by atoms with Gasteiger partial charge in [-0.3, -0.25) is 4.79 Å². The van der Waals surface area contributed by atoms with Crippen molar-refractivity contribution in [1.82, 2.24) is 10.2 Å². The number of likely N-dealkylation sites (tertiary alicyclic amines) is 1. The van der Waals surface area contributed by atoms with Crippen LogP contribution in [0, 0.1) is 5.92 Å². The van der Waals surface area contributed by atoms with E-state index in [4.69, 9.17) is 4.74 Å². The molecule has 1 unspecified atom stereocenters. The number of hydrogen-bond donors (Lipinski definition) is 2. The standard InChI is InChI=1S/C15H26N2O5/c1-9(2)8-11(13(19)20)17-7-6-10(12(17)18)16-14(21)22-15(3,4)5/h9-11H,6-8H2,1-5H3,(H,16,21)(H,19,20)/t10-,11?/m0/s1. The summed E-state index contributed by atoms with van der Waals surface area (Å²) < 4.78 is 5.12. The number of amides is 2. The van der Waals surface area contributed by atoms with E-state index in [1.807, 2.05) is 13.8 Å². The van der Waals surface area contributed by atoms with Crippen molar-refractivity contribution in [1.29, 1.82) is 0 Å². The quantitative estimate of drug-likeness (QED) is 0.803. The van der Waals surface area contributed by atoms with Crippen molar-refractivity contribution in [2.24, 2.45) is 5.92 Å². The van der Waals surface area contributed by atoms with Gasteiger partial charge in [0.15, 0.2) is 0 Å². The van der Waals surface area contributed by atoms with E-state index in [-0.39, 0.29) is 11.8 Å². The number of carboxylic acid groups (broad SMARTS) is 1. The summed E-state index contributed by atoms with van der Waals surface area (Å²) in [5, 5.41) is 11.8. The molecule has 0 aromatic rings. The number of nitrogens with one attached hydrogen (secondary N) is 1. The Morgan fingerprint density at radius 3 is 2.45 bits per heavy atom. The van der Waals surface area contributed by atoms with Gasteiger partial charge in [0, 0.05) is 6.54 Å². The van der Waals surface area contributed by atoms with Gasteiger partial charge in [-0.1, -0.05) is 13.8 Å². The van der Waals surface area contributed by atoms with Crippen LogP contribution in [0.2, 0.25) is 0 Å². The summed E-state index contributed by atoms with van der Waals surface area (Å²) in [6.45, 7) is 9.35. The third-order valence-corrected chi connectivity index (χ3v) is 3.29. The predicted molar refractivity (Wildman–Crippen MR) is 80.4 cm³/mol. The number of nitrogens with zero attached hydrogens (tertiary/aromatic N) is 1. The summed E-state index contributed by atoms with van der Waals surface area (Å²) in [4.78, 5) is 36.8. The zero-order valence-corrected chi connectivity index (χ0v) is 13.9. The van der Waals surface area contributed by atoms with Crippen LogP contribution in [0.5, 0.6) is 0 Å². The van der Waals surface area contributed by atoms with Gasteiger partial charge in [0.2, 0.25) is 5.91 Å². The number of carbonyl (C=O) groups is 3. The van der Waals surface area contributed by atoms with E-state index in [0.717, 1.165) is 0 Å². The van der Waals surface area contributed by atoms with Crippen molar-refractivity contribution in [3.63, 3.8) is 0 Å². The molecule has 1 saturated heterocycles. The Morgan fingerprint density at radius 2 is 2.00 bits per heavy atom. The highest BCUT2D eigenvalue weighted by molar-refractivity contribution is 5.91. The van der Waals surface area contributed by atoms with Gasteiger partial charge in [-0.2, -0.15) is 0 Å². The van der Waals surface area contributed by atoms with Crippen molar-refractivity contribution in [2.75, 3.05) is 6.54 Å². The first-order chi connectivity index (χ1) is 10.0. The molecular weight excluding hydrogens is 288 g/mol. The molecule has 126 valence electrons. The van der Waals surface area contributed by atoms with Crippen LogP contribution in [-0.2, 0) is 14.3 Å². The zero-order valence-electron chi connectivity index (χ0n) is 13.9. The molecule has 1 aliphatic rings. The Kier molecular flexibility index (Phi) is 5.79. The highest BCUT2D eigenvalue weighted by Gasteiger charge is 2.40. The molecule has 0 aliphatic carbocycles. The molecule has 0 radical (unpaired) electrons. The lowest BCUT2D eigenvalue weighted by molar-refractivity contribution is -0.149. The lowest BCUT2D eigenvalue weighted by Crippen LogP contribution is -2.48. The Morgan fingerprint density at radius 1 is 1.41 bits per heavy atom. The molecule has 2 atom stereocenters. The Balaban J connectivity index is 2.68. The number of aliphatic carboxylic acids is 1. The topological polar surface area (TPSA) is 95.9 Å². The third kappa shape index (κ3) is 5.20. The normalized spacial score (nSPS) is 20.2. The summed E-state index contributed by atoms with van der Waals surface area (Å²) in [5.41, 5.74) is -0.646. The first-order valence-electron chi connectivity index (χ1n) is 7.54. The largest absolute Gasteiger partial charge is 0.480 e. The molecule has 22 heavy (non-hydrogen) atoms. The van der Waals surface area contributed by atoms with Gasteiger partial charge in [0.05, 0.1) is 0 Å². The van der Waals surface area contributed by atoms with Crippen molar-refractivity contribution >= 4 is 18.0 Å². The molecule has 0 saturated carbocycles. The van der Waals surface area contributed by atoms with Crippen LogP contribution in [0.3, 0.4) is 0 Å². The average molecular weight is 314 g/mol. The molecule has 2 amide bonds. The first kappa shape index (κ1) is 18.3. The fourth-order valence-corrected chi connectivity index (χ4v) is 2.40. The monoisotopic (exact) mass is 314 g/mol. The third-order valence-electron chi connectivity index (χ3n) is 3.29. The van der Waals surface area contributed by atoms with E-state index in [9.17, 15) is 19.5 Å². The van der Waals surface area contributed by atoms with Crippen molar-refractivity contribution < 1.29 is 24.2 Å². The first-order valence-corrected chi connectivity index (χ1v) is 7.54.